The number of hydrogen-bond donors (Lipinski definition) is 2. The van der Waals surface area contributed by atoms with Gasteiger partial charge < -0.3 is 29.1 Å². The van der Waals surface area contributed by atoms with Gasteiger partial charge in [0.1, 0.15) is 11.5 Å². The molecule has 1 atom stereocenters. The van der Waals surface area contributed by atoms with Crippen LogP contribution in [0.25, 0.3) is 6.08 Å². The lowest BCUT2D eigenvalue weighted by Crippen LogP contribution is -2.30. The van der Waals surface area contributed by atoms with Gasteiger partial charge >= 0.3 is 23.7 Å². The van der Waals surface area contributed by atoms with Crippen molar-refractivity contribution in [2.75, 3.05) is 14.2 Å². The normalized spacial score (nSPS) is 15.1. The molecule has 14 heteroatoms. The number of nitrogens with zero attached hydrogens (tertiary/aromatic N) is 2. The molecule has 3 rings (SSSR count). The molecule has 1 aliphatic rings. The highest BCUT2D eigenvalue weighted by atomic mass is 16.6. The summed E-state index contributed by atoms with van der Waals surface area (Å²) in [6.45, 7) is 0.901. The number of aliphatic carboxylic acids is 1. The van der Waals surface area contributed by atoms with Crippen LogP contribution in [0.4, 0.5) is 10.5 Å². The van der Waals surface area contributed by atoms with Crippen LogP contribution in [0.1, 0.15) is 28.8 Å². The first-order valence-electron chi connectivity index (χ1n) is 9.83. The highest BCUT2D eigenvalue weighted by Gasteiger charge is 2.35. The van der Waals surface area contributed by atoms with Gasteiger partial charge in [-0.1, -0.05) is 0 Å². The molecule has 0 radical (unpaired) electrons. The summed E-state index contributed by atoms with van der Waals surface area (Å²) in [5.74, 6) is -3.36. The van der Waals surface area contributed by atoms with E-state index in [4.69, 9.17) is 19.0 Å². The molecular weight excluding hydrogens is 470 g/mol. The topological polar surface area (TPSA) is 188 Å². The largest absolute Gasteiger partial charge is 0.493 e. The standard InChI is InChI=1S/C21H19N3O11/c1-10(19(26)27)34-17-14(24(30)31)7-11(8-16(17)32-2)6-13-18(25)23(21(29)22-13)9-12-4-5-15(35-12)20(28)33-3/h4-8,10H,9H2,1-3H3,(H,22,29)(H,26,27)/b13-6-/t10-/m0/s1. The summed E-state index contributed by atoms with van der Waals surface area (Å²) in [6.07, 6.45) is -0.223. The Hall–Kier alpha value is -4.88. The zero-order valence-corrected chi connectivity index (χ0v) is 18.6. The lowest BCUT2D eigenvalue weighted by Gasteiger charge is -2.14. The Labute approximate surface area is 196 Å². The molecule has 1 aromatic heterocycles. The fraction of sp³-hybridized carbons (Fsp3) is 0.238. The Balaban J connectivity index is 1.90. The molecule has 2 N–H and O–H groups in total. The molecule has 0 unspecified atom stereocenters. The predicted octanol–water partition coefficient (Wildman–Crippen LogP) is 1.93. The molecule has 0 saturated carbocycles. The van der Waals surface area contributed by atoms with Gasteiger partial charge in [-0.25, -0.2) is 14.4 Å². The molecule has 35 heavy (non-hydrogen) atoms. The van der Waals surface area contributed by atoms with Crippen LogP contribution in [0, 0.1) is 10.1 Å². The summed E-state index contributed by atoms with van der Waals surface area (Å²) < 4.78 is 20.1. The van der Waals surface area contributed by atoms with Gasteiger partial charge in [0.15, 0.2) is 11.9 Å². The zero-order valence-electron chi connectivity index (χ0n) is 18.6. The average Bonchev–Trinajstić information content (AvgIpc) is 3.39. The second kappa shape index (κ2) is 9.94. The fourth-order valence-corrected chi connectivity index (χ4v) is 3.04. The van der Waals surface area contributed by atoms with Crippen molar-refractivity contribution in [2.45, 2.75) is 19.6 Å². The van der Waals surface area contributed by atoms with Gasteiger partial charge in [0.05, 0.1) is 25.7 Å². The van der Waals surface area contributed by atoms with Gasteiger partial charge in [0, 0.05) is 6.07 Å². The summed E-state index contributed by atoms with van der Waals surface area (Å²) in [7, 11) is 2.37. The Morgan fingerprint density at radius 2 is 2.00 bits per heavy atom. The zero-order chi connectivity index (χ0) is 25.9. The minimum atomic E-state index is -1.41. The molecule has 3 amide bonds. The van der Waals surface area contributed by atoms with Gasteiger partial charge in [0.2, 0.25) is 11.5 Å². The SMILES string of the molecule is COC(=O)c1ccc(CN2C(=O)N/C(=C\c3cc(OC)c(O[C@@H](C)C(=O)O)c([N+](=O)[O-])c3)C2=O)o1. The van der Waals surface area contributed by atoms with Crippen LogP contribution in [0.5, 0.6) is 11.5 Å². The number of methoxy groups -OCH3 is 2. The van der Waals surface area contributed by atoms with E-state index in [2.05, 4.69) is 10.1 Å². The number of rotatable bonds is 9. The second-order valence-electron chi connectivity index (χ2n) is 7.06. The number of urea groups is 1. The summed E-state index contributed by atoms with van der Waals surface area (Å²) in [5.41, 5.74) is -0.706. The molecule has 14 nitrogen and oxygen atoms in total. The molecule has 1 aliphatic heterocycles. The van der Waals surface area contributed by atoms with E-state index < -0.39 is 46.3 Å². The van der Waals surface area contributed by atoms with Crippen molar-refractivity contribution in [1.29, 1.82) is 0 Å². The van der Waals surface area contributed by atoms with Crippen LogP contribution >= 0.6 is 0 Å². The maximum absolute atomic E-state index is 12.8. The van der Waals surface area contributed by atoms with Crippen LogP contribution in [-0.2, 0) is 20.9 Å². The Morgan fingerprint density at radius 1 is 1.29 bits per heavy atom. The number of imide groups is 1. The Kier molecular flexibility index (Phi) is 7.03. The molecular formula is C21H19N3O11. The number of nitro groups is 1. The maximum Gasteiger partial charge on any atom is 0.373 e. The number of esters is 1. The van der Waals surface area contributed by atoms with E-state index in [0.717, 1.165) is 11.0 Å². The number of nitro benzene ring substituents is 1. The monoisotopic (exact) mass is 489 g/mol. The minimum absolute atomic E-state index is 0.0976. The first kappa shape index (κ1) is 24.8. The number of furan rings is 1. The predicted molar refractivity (Wildman–Crippen MR) is 114 cm³/mol. The van der Waals surface area contributed by atoms with Crippen molar-refractivity contribution in [2.24, 2.45) is 0 Å². The van der Waals surface area contributed by atoms with E-state index in [1.807, 2.05) is 0 Å². The highest BCUT2D eigenvalue weighted by Crippen LogP contribution is 2.39. The van der Waals surface area contributed by atoms with Crippen LogP contribution in [0.3, 0.4) is 0 Å². The molecule has 2 heterocycles. The molecule has 184 valence electrons. The summed E-state index contributed by atoms with van der Waals surface area (Å²) in [6, 6.07) is 4.27. The molecule has 2 aromatic rings. The second-order valence-corrected chi connectivity index (χ2v) is 7.06. The molecule has 0 spiro atoms. The summed E-state index contributed by atoms with van der Waals surface area (Å²) in [5, 5.41) is 23.0. The molecule has 1 saturated heterocycles. The van der Waals surface area contributed by atoms with Crippen LogP contribution in [0.15, 0.2) is 34.4 Å². The van der Waals surface area contributed by atoms with Gasteiger partial charge in [0.25, 0.3) is 5.91 Å². The number of hydrogen-bond acceptors (Lipinski definition) is 10. The van der Waals surface area contributed by atoms with Gasteiger partial charge in [-0.05, 0) is 36.8 Å². The van der Waals surface area contributed by atoms with Crippen molar-refractivity contribution in [3.63, 3.8) is 0 Å². The summed E-state index contributed by atoms with van der Waals surface area (Å²) in [4.78, 5) is 59.3. The molecule has 1 fully saturated rings. The number of amides is 3. The molecule has 0 aliphatic carbocycles. The minimum Gasteiger partial charge on any atom is -0.493 e. The third-order valence-electron chi connectivity index (χ3n) is 4.75. The van der Waals surface area contributed by atoms with Crippen molar-refractivity contribution in [1.82, 2.24) is 10.2 Å². The average molecular weight is 489 g/mol. The van der Waals surface area contributed by atoms with Crippen LogP contribution in [-0.4, -0.2) is 59.1 Å². The van der Waals surface area contributed by atoms with E-state index in [0.29, 0.717) is 0 Å². The third-order valence-corrected chi connectivity index (χ3v) is 4.75. The van der Waals surface area contributed by atoms with Crippen molar-refractivity contribution >= 4 is 35.6 Å². The number of benzene rings is 1. The molecule has 1 aromatic carbocycles. The summed E-state index contributed by atoms with van der Waals surface area (Å²) >= 11 is 0. The highest BCUT2D eigenvalue weighted by molar-refractivity contribution is 6.13. The first-order valence-corrected chi connectivity index (χ1v) is 9.83. The number of nitrogens with one attached hydrogen (secondary N) is 1. The van der Waals surface area contributed by atoms with Crippen LogP contribution in [0.2, 0.25) is 0 Å². The van der Waals surface area contributed by atoms with Gasteiger partial charge in [-0.3, -0.25) is 19.8 Å². The number of carboxylic acids is 1. The quantitative estimate of drug-likeness (QED) is 0.172. The Morgan fingerprint density at radius 3 is 2.60 bits per heavy atom. The van der Waals surface area contributed by atoms with E-state index in [1.54, 1.807) is 0 Å². The number of carbonyl (C=O) groups is 4. The van der Waals surface area contributed by atoms with E-state index in [-0.39, 0.29) is 35.1 Å². The van der Waals surface area contributed by atoms with Crippen molar-refractivity contribution in [3.05, 3.63) is 57.2 Å². The lowest BCUT2D eigenvalue weighted by atomic mass is 10.1. The van der Waals surface area contributed by atoms with E-state index >= 15 is 0 Å². The Bertz CT molecular complexity index is 1250. The third kappa shape index (κ3) is 5.21. The van der Waals surface area contributed by atoms with Gasteiger partial charge in [-0.15, -0.1) is 0 Å². The maximum atomic E-state index is 12.8. The number of ether oxygens (including phenoxy) is 3. The van der Waals surface area contributed by atoms with Crippen LogP contribution < -0.4 is 14.8 Å². The van der Waals surface area contributed by atoms with E-state index in [1.165, 1.54) is 45.4 Å². The van der Waals surface area contributed by atoms with Gasteiger partial charge in [-0.2, -0.15) is 0 Å². The molecule has 0 bridgehead atoms. The number of carbonyl (C=O) groups excluding carboxylic acids is 3. The van der Waals surface area contributed by atoms with Crippen molar-refractivity contribution in [3.8, 4) is 11.5 Å². The lowest BCUT2D eigenvalue weighted by molar-refractivity contribution is -0.386. The smallest absolute Gasteiger partial charge is 0.373 e. The number of carboxylic acid groups (broad SMARTS) is 1. The first-order chi connectivity index (χ1) is 16.5. The fourth-order valence-electron chi connectivity index (χ4n) is 3.04. The van der Waals surface area contributed by atoms with Crippen molar-refractivity contribution < 1.29 is 47.8 Å². The van der Waals surface area contributed by atoms with E-state index in [9.17, 15) is 29.3 Å².